The Balaban J connectivity index is 3.54. The van der Waals surface area contributed by atoms with Crippen LogP contribution in [0.25, 0.3) is 0 Å². The number of sulfone groups is 1. The third-order valence-corrected chi connectivity index (χ3v) is 4.41. The summed E-state index contributed by atoms with van der Waals surface area (Å²) in [5, 5.41) is 0.517. The van der Waals surface area contributed by atoms with Gasteiger partial charge in [-0.25, -0.2) is 8.42 Å². The molecule has 0 spiro atoms. The van der Waals surface area contributed by atoms with Crippen molar-refractivity contribution in [2.24, 2.45) is 5.73 Å². The molecular formula is C10H14ClNO2S. The van der Waals surface area contributed by atoms with Crippen molar-refractivity contribution in [2.45, 2.75) is 25.3 Å². The summed E-state index contributed by atoms with van der Waals surface area (Å²) in [7, 11) is -3.23. The number of rotatable bonds is 3. The summed E-state index contributed by atoms with van der Waals surface area (Å²) < 4.78 is 23.6. The Labute approximate surface area is 95.2 Å². The van der Waals surface area contributed by atoms with Crippen LogP contribution in [0.2, 0.25) is 5.02 Å². The highest BCUT2D eigenvalue weighted by Gasteiger charge is 2.19. The van der Waals surface area contributed by atoms with Crippen LogP contribution in [0.4, 0.5) is 0 Å². The molecule has 1 aromatic carbocycles. The fraction of sp³-hybridized carbons (Fsp3) is 0.400. The van der Waals surface area contributed by atoms with Crippen LogP contribution in [-0.4, -0.2) is 14.2 Å². The summed E-state index contributed by atoms with van der Waals surface area (Å²) >= 11 is 5.84. The van der Waals surface area contributed by atoms with Gasteiger partial charge in [-0.15, -0.1) is 0 Å². The Kier molecular flexibility index (Phi) is 3.76. The number of halogens is 1. The maximum atomic E-state index is 11.8. The van der Waals surface area contributed by atoms with Crippen LogP contribution in [0, 0.1) is 6.92 Å². The minimum absolute atomic E-state index is 0.0719. The normalized spacial score (nSPS) is 11.7. The summed E-state index contributed by atoms with van der Waals surface area (Å²) in [6.07, 6.45) is 0. The summed E-state index contributed by atoms with van der Waals surface area (Å²) in [5.74, 6) is 0.0719. The van der Waals surface area contributed by atoms with Crippen molar-refractivity contribution in [3.63, 3.8) is 0 Å². The molecule has 0 heterocycles. The summed E-state index contributed by atoms with van der Waals surface area (Å²) in [4.78, 5) is 0.330. The molecule has 0 unspecified atom stereocenters. The van der Waals surface area contributed by atoms with Gasteiger partial charge in [0, 0.05) is 11.6 Å². The summed E-state index contributed by atoms with van der Waals surface area (Å²) in [5.41, 5.74) is 6.76. The van der Waals surface area contributed by atoms with E-state index in [9.17, 15) is 8.42 Å². The molecule has 2 N–H and O–H groups in total. The second kappa shape index (κ2) is 4.51. The number of aryl methyl sites for hydroxylation is 1. The average Bonchev–Trinajstić information content (AvgIpc) is 2.15. The molecule has 0 aliphatic rings. The zero-order valence-corrected chi connectivity index (χ0v) is 10.3. The second-order valence-electron chi connectivity index (χ2n) is 3.32. The molecule has 0 bridgehead atoms. The van der Waals surface area contributed by atoms with Crippen LogP contribution in [0.5, 0.6) is 0 Å². The van der Waals surface area contributed by atoms with E-state index in [2.05, 4.69) is 0 Å². The quantitative estimate of drug-likeness (QED) is 0.888. The zero-order chi connectivity index (χ0) is 11.6. The molecule has 15 heavy (non-hydrogen) atoms. The second-order valence-corrected chi connectivity index (χ2v) is 5.97. The highest BCUT2D eigenvalue weighted by molar-refractivity contribution is 7.91. The standard InChI is InChI=1S/C10H14ClNO2S/c1-3-15(13,14)10-7(2)4-9(11)5-8(10)6-12/h4-5H,3,6,12H2,1-2H3. The van der Waals surface area contributed by atoms with E-state index in [1.807, 2.05) is 0 Å². The molecule has 5 heteroatoms. The van der Waals surface area contributed by atoms with E-state index in [1.165, 1.54) is 0 Å². The lowest BCUT2D eigenvalue weighted by Gasteiger charge is -2.11. The first-order chi connectivity index (χ1) is 6.92. The molecule has 0 radical (unpaired) electrons. The van der Waals surface area contributed by atoms with Gasteiger partial charge in [0.1, 0.15) is 0 Å². The molecular weight excluding hydrogens is 234 g/mol. The Morgan fingerprint density at radius 3 is 2.47 bits per heavy atom. The first-order valence-corrected chi connectivity index (χ1v) is 6.67. The van der Waals surface area contributed by atoms with Gasteiger partial charge in [-0.1, -0.05) is 18.5 Å². The fourth-order valence-corrected chi connectivity index (χ4v) is 3.22. The third kappa shape index (κ3) is 2.51. The Hall–Kier alpha value is -0.580. The van der Waals surface area contributed by atoms with E-state index in [4.69, 9.17) is 17.3 Å². The topological polar surface area (TPSA) is 60.2 Å². The van der Waals surface area contributed by atoms with Crippen molar-refractivity contribution in [1.29, 1.82) is 0 Å². The Morgan fingerprint density at radius 1 is 1.40 bits per heavy atom. The van der Waals surface area contributed by atoms with Gasteiger partial charge in [0.05, 0.1) is 10.6 Å². The lowest BCUT2D eigenvalue weighted by atomic mass is 10.1. The van der Waals surface area contributed by atoms with Gasteiger partial charge in [0.2, 0.25) is 0 Å². The van der Waals surface area contributed by atoms with Crippen LogP contribution in [0.15, 0.2) is 17.0 Å². The number of hydrogen-bond donors (Lipinski definition) is 1. The van der Waals surface area contributed by atoms with E-state index in [0.717, 1.165) is 0 Å². The van der Waals surface area contributed by atoms with Crippen molar-refractivity contribution in [1.82, 2.24) is 0 Å². The summed E-state index contributed by atoms with van der Waals surface area (Å²) in [6, 6.07) is 3.25. The largest absolute Gasteiger partial charge is 0.326 e. The molecule has 0 aliphatic heterocycles. The summed E-state index contributed by atoms with van der Waals surface area (Å²) in [6.45, 7) is 3.52. The molecule has 0 atom stereocenters. The number of nitrogens with two attached hydrogens (primary N) is 1. The predicted octanol–water partition coefficient (Wildman–Crippen LogP) is 1.90. The van der Waals surface area contributed by atoms with Gasteiger partial charge in [-0.3, -0.25) is 0 Å². The van der Waals surface area contributed by atoms with Crippen LogP contribution < -0.4 is 5.73 Å². The van der Waals surface area contributed by atoms with Crippen molar-refractivity contribution in [3.05, 3.63) is 28.3 Å². The van der Waals surface area contributed by atoms with E-state index >= 15 is 0 Å². The van der Waals surface area contributed by atoms with Gasteiger partial charge in [0.15, 0.2) is 9.84 Å². The van der Waals surface area contributed by atoms with Crippen LogP contribution in [0.3, 0.4) is 0 Å². The zero-order valence-electron chi connectivity index (χ0n) is 8.75. The Bertz CT molecular complexity index is 469. The average molecular weight is 248 g/mol. The monoisotopic (exact) mass is 247 g/mol. The Morgan fingerprint density at radius 2 is 2.00 bits per heavy atom. The van der Waals surface area contributed by atoms with E-state index < -0.39 is 9.84 Å². The smallest absolute Gasteiger partial charge is 0.178 e. The highest BCUT2D eigenvalue weighted by Crippen LogP contribution is 2.25. The van der Waals surface area contributed by atoms with Crippen LogP contribution in [0.1, 0.15) is 18.1 Å². The first-order valence-electron chi connectivity index (χ1n) is 4.64. The van der Waals surface area contributed by atoms with Crippen LogP contribution in [-0.2, 0) is 16.4 Å². The third-order valence-electron chi connectivity index (χ3n) is 2.23. The number of hydrogen-bond acceptors (Lipinski definition) is 3. The lowest BCUT2D eigenvalue weighted by molar-refractivity contribution is 0.595. The molecule has 0 aliphatic carbocycles. The first kappa shape index (κ1) is 12.5. The SMILES string of the molecule is CCS(=O)(=O)c1c(C)cc(Cl)cc1CN. The van der Waals surface area contributed by atoms with Crippen molar-refractivity contribution in [2.75, 3.05) is 5.75 Å². The molecule has 84 valence electrons. The minimum Gasteiger partial charge on any atom is -0.326 e. The van der Waals surface area contributed by atoms with E-state index in [-0.39, 0.29) is 12.3 Å². The van der Waals surface area contributed by atoms with Crippen molar-refractivity contribution >= 4 is 21.4 Å². The number of benzene rings is 1. The molecule has 0 aromatic heterocycles. The van der Waals surface area contributed by atoms with Crippen molar-refractivity contribution in [3.8, 4) is 0 Å². The molecule has 0 saturated carbocycles. The van der Waals surface area contributed by atoms with Gasteiger partial charge < -0.3 is 5.73 Å². The lowest BCUT2D eigenvalue weighted by Crippen LogP contribution is -2.12. The highest BCUT2D eigenvalue weighted by atomic mass is 35.5. The van der Waals surface area contributed by atoms with Crippen molar-refractivity contribution < 1.29 is 8.42 Å². The van der Waals surface area contributed by atoms with E-state index in [0.29, 0.717) is 21.0 Å². The van der Waals surface area contributed by atoms with Gasteiger partial charge in [0.25, 0.3) is 0 Å². The maximum Gasteiger partial charge on any atom is 0.178 e. The van der Waals surface area contributed by atoms with Gasteiger partial charge in [-0.2, -0.15) is 0 Å². The van der Waals surface area contributed by atoms with E-state index in [1.54, 1.807) is 26.0 Å². The molecule has 0 amide bonds. The maximum absolute atomic E-state index is 11.8. The molecule has 1 rings (SSSR count). The molecule has 1 aromatic rings. The molecule has 3 nitrogen and oxygen atoms in total. The van der Waals surface area contributed by atoms with Gasteiger partial charge >= 0.3 is 0 Å². The molecule has 0 fully saturated rings. The fourth-order valence-electron chi connectivity index (χ4n) is 1.54. The van der Waals surface area contributed by atoms with Gasteiger partial charge in [-0.05, 0) is 30.2 Å². The van der Waals surface area contributed by atoms with Crippen LogP contribution >= 0.6 is 11.6 Å². The molecule has 0 saturated heterocycles. The predicted molar refractivity (Wildman–Crippen MR) is 61.8 cm³/mol. The minimum atomic E-state index is -3.23.